The van der Waals surface area contributed by atoms with E-state index in [1.165, 1.54) is 24.9 Å². The zero-order valence-corrected chi connectivity index (χ0v) is 16.2. The highest BCUT2D eigenvalue weighted by molar-refractivity contribution is 6.15. The number of rotatable bonds is 5. The second-order valence-electron chi connectivity index (χ2n) is 6.19. The van der Waals surface area contributed by atoms with Crippen LogP contribution in [0.15, 0.2) is 21.4 Å². The number of carbonyl (C=O) groups excluding carboxylic acids is 2. The average molecular weight is 384 g/mol. The Balaban J connectivity index is 2.58. The van der Waals surface area contributed by atoms with Crippen molar-refractivity contribution in [3.05, 3.63) is 60.7 Å². The number of aromatic amines is 1. The van der Waals surface area contributed by atoms with Gasteiger partial charge in [-0.3, -0.25) is 14.2 Å². The molecule has 28 heavy (non-hydrogen) atoms. The lowest BCUT2D eigenvalue weighted by molar-refractivity contribution is 0.0525. The van der Waals surface area contributed by atoms with Gasteiger partial charge in [-0.2, -0.15) is 5.26 Å². The summed E-state index contributed by atoms with van der Waals surface area (Å²) in [7, 11) is 2.76. The minimum Gasteiger partial charge on any atom is -0.462 e. The van der Waals surface area contributed by atoms with Crippen molar-refractivity contribution >= 4 is 17.8 Å². The summed E-state index contributed by atoms with van der Waals surface area (Å²) in [5.41, 5.74) is -0.353. The first-order valence-electron chi connectivity index (χ1n) is 8.43. The topological polar surface area (TPSA) is 127 Å². The van der Waals surface area contributed by atoms with Crippen LogP contribution in [0.5, 0.6) is 0 Å². The summed E-state index contributed by atoms with van der Waals surface area (Å²) in [6.45, 7) is 5.05. The minimum absolute atomic E-state index is 0.0149. The molecule has 0 aliphatic rings. The van der Waals surface area contributed by atoms with Gasteiger partial charge in [0.05, 0.1) is 23.4 Å². The van der Waals surface area contributed by atoms with Crippen LogP contribution in [0.1, 0.15) is 44.6 Å². The number of nitrogens with zero attached hydrogens (tertiary/aromatic N) is 3. The van der Waals surface area contributed by atoms with Gasteiger partial charge >= 0.3 is 11.7 Å². The van der Waals surface area contributed by atoms with Gasteiger partial charge in [0.25, 0.3) is 5.56 Å². The Morgan fingerprint density at radius 1 is 1.29 bits per heavy atom. The maximum absolute atomic E-state index is 12.8. The predicted molar refractivity (Wildman–Crippen MR) is 101 cm³/mol. The summed E-state index contributed by atoms with van der Waals surface area (Å²) in [6.07, 6.45) is 2.38. The molecule has 0 atom stereocenters. The molecular weight excluding hydrogens is 364 g/mol. The molecule has 146 valence electrons. The van der Waals surface area contributed by atoms with E-state index >= 15 is 0 Å². The second-order valence-corrected chi connectivity index (χ2v) is 6.19. The number of esters is 1. The molecular formula is C19H20N4O5. The van der Waals surface area contributed by atoms with Crippen molar-refractivity contribution < 1.29 is 14.3 Å². The Morgan fingerprint density at radius 3 is 2.50 bits per heavy atom. The van der Waals surface area contributed by atoms with Crippen LogP contribution in [0.4, 0.5) is 0 Å². The summed E-state index contributed by atoms with van der Waals surface area (Å²) < 4.78 is 7.05. The van der Waals surface area contributed by atoms with Gasteiger partial charge < -0.3 is 14.3 Å². The van der Waals surface area contributed by atoms with Crippen LogP contribution < -0.4 is 11.2 Å². The summed E-state index contributed by atoms with van der Waals surface area (Å²) in [4.78, 5) is 51.8. The van der Waals surface area contributed by atoms with Crippen molar-refractivity contribution in [1.29, 1.82) is 5.26 Å². The lowest BCUT2D eigenvalue weighted by Crippen LogP contribution is -2.37. The highest BCUT2D eigenvalue weighted by atomic mass is 16.5. The molecule has 0 aromatic carbocycles. The Hall–Kier alpha value is -3.67. The van der Waals surface area contributed by atoms with Gasteiger partial charge in [-0.25, -0.2) is 9.59 Å². The molecule has 2 aromatic rings. The minimum atomic E-state index is -0.672. The smallest absolute Gasteiger partial charge is 0.340 e. The number of ketones is 1. The molecule has 2 heterocycles. The molecule has 9 heteroatoms. The molecule has 0 saturated heterocycles. The Bertz CT molecular complexity index is 1150. The number of ether oxygens (including phenoxy) is 1. The fourth-order valence-corrected chi connectivity index (χ4v) is 2.86. The third kappa shape index (κ3) is 3.57. The summed E-state index contributed by atoms with van der Waals surface area (Å²) in [5.74, 6) is -1.24. The van der Waals surface area contributed by atoms with Crippen LogP contribution in [0, 0.1) is 25.2 Å². The molecule has 2 rings (SSSR count). The zero-order valence-electron chi connectivity index (χ0n) is 16.2. The number of allylic oxidation sites excluding steroid dienone is 1. The van der Waals surface area contributed by atoms with Crippen molar-refractivity contribution in [3.63, 3.8) is 0 Å². The Labute approximate surface area is 160 Å². The number of carbonyl (C=O) groups is 2. The number of nitriles is 1. The number of hydrogen-bond acceptors (Lipinski definition) is 6. The molecule has 1 N–H and O–H groups in total. The quantitative estimate of drug-likeness (QED) is 0.354. The molecule has 0 aliphatic carbocycles. The van der Waals surface area contributed by atoms with Crippen LogP contribution in [-0.4, -0.2) is 32.5 Å². The first-order chi connectivity index (χ1) is 13.1. The maximum Gasteiger partial charge on any atom is 0.340 e. The van der Waals surface area contributed by atoms with Gasteiger partial charge in [-0.1, -0.05) is 0 Å². The van der Waals surface area contributed by atoms with Crippen LogP contribution in [-0.2, 0) is 18.8 Å². The van der Waals surface area contributed by atoms with Crippen LogP contribution in [0.25, 0.3) is 6.08 Å². The molecule has 9 nitrogen and oxygen atoms in total. The summed E-state index contributed by atoms with van der Waals surface area (Å²) >= 11 is 0. The average Bonchev–Trinajstić information content (AvgIpc) is 2.95. The van der Waals surface area contributed by atoms with Gasteiger partial charge in [-0.15, -0.1) is 0 Å². The molecule has 0 amide bonds. The molecule has 0 bridgehead atoms. The van der Waals surface area contributed by atoms with E-state index in [4.69, 9.17) is 4.74 Å². The van der Waals surface area contributed by atoms with E-state index in [9.17, 15) is 24.4 Å². The molecule has 0 aliphatic heterocycles. The van der Waals surface area contributed by atoms with E-state index in [-0.39, 0.29) is 29.0 Å². The van der Waals surface area contributed by atoms with Gasteiger partial charge in [0, 0.05) is 26.0 Å². The van der Waals surface area contributed by atoms with E-state index in [1.54, 1.807) is 26.8 Å². The fourth-order valence-electron chi connectivity index (χ4n) is 2.86. The van der Waals surface area contributed by atoms with Crippen LogP contribution in [0.3, 0.4) is 0 Å². The SMILES string of the molecule is CCOC(=O)c1c(C)[nH]c(C(=O)/C(C#N)=C/c2cn(C)c(=O)n(C)c2=O)c1C. The fraction of sp³-hybridized carbons (Fsp3) is 0.316. The number of hydrogen-bond donors (Lipinski definition) is 1. The number of Topliss-reactive ketones (excluding diaryl/α,β-unsaturated/α-hetero) is 1. The summed E-state index contributed by atoms with van der Waals surface area (Å²) in [5, 5.41) is 9.44. The maximum atomic E-state index is 12.8. The predicted octanol–water partition coefficient (Wildman–Crippen LogP) is 0.996. The highest BCUT2D eigenvalue weighted by Gasteiger charge is 2.25. The molecule has 2 aromatic heterocycles. The van der Waals surface area contributed by atoms with E-state index in [1.807, 2.05) is 0 Å². The van der Waals surface area contributed by atoms with Gasteiger partial charge in [0.2, 0.25) is 5.78 Å². The van der Waals surface area contributed by atoms with Crippen LogP contribution in [0.2, 0.25) is 0 Å². The number of nitrogens with one attached hydrogen (secondary N) is 1. The molecule has 0 fully saturated rings. The highest BCUT2D eigenvalue weighted by Crippen LogP contribution is 2.22. The van der Waals surface area contributed by atoms with E-state index in [0.717, 1.165) is 10.6 Å². The third-order valence-corrected chi connectivity index (χ3v) is 4.28. The zero-order chi connectivity index (χ0) is 21.2. The molecule has 0 radical (unpaired) electrons. The van der Waals surface area contributed by atoms with Crippen molar-refractivity contribution in [2.75, 3.05) is 6.61 Å². The second kappa shape index (κ2) is 7.92. The van der Waals surface area contributed by atoms with E-state index in [2.05, 4.69) is 4.98 Å². The number of aromatic nitrogens is 3. The first kappa shape index (κ1) is 20.6. The van der Waals surface area contributed by atoms with E-state index < -0.39 is 23.0 Å². The van der Waals surface area contributed by atoms with Crippen molar-refractivity contribution in [3.8, 4) is 6.07 Å². The lowest BCUT2D eigenvalue weighted by Gasteiger charge is -2.04. The van der Waals surface area contributed by atoms with Crippen molar-refractivity contribution in [2.24, 2.45) is 14.1 Å². The Kier molecular flexibility index (Phi) is 5.84. The van der Waals surface area contributed by atoms with Crippen molar-refractivity contribution in [2.45, 2.75) is 20.8 Å². The molecule has 0 saturated carbocycles. The molecule has 0 spiro atoms. The van der Waals surface area contributed by atoms with Crippen LogP contribution >= 0.6 is 0 Å². The number of H-pyrrole nitrogens is 1. The largest absolute Gasteiger partial charge is 0.462 e. The standard InChI is InChI=1S/C19H20N4O5/c1-6-28-18(26)14-10(2)15(21-11(14)3)16(24)12(8-20)7-13-9-22(4)19(27)23(5)17(13)25/h7,9,21H,6H2,1-5H3/b12-7+. The lowest BCUT2D eigenvalue weighted by atomic mass is 10.0. The molecule has 0 unspecified atom stereocenters. The first-order valence-corrected chi connectivity index (χ1v) is 8.43. The summed E-state index contributed by atoms with van der Waals surface area (Å²) in [6, 6.07) is 1.78. The Morgan fingerprint density at radius 2 is 1.93 bits per heavy atom. The third-order valence-electron chi connectivity index (χ3n) is 4.28. The van der Waals surface area contributed by atoms with Gasteiger partial charge in [0.1, 0.15) is 11.6 Å². The number of aryl methyl sites for hydroxylation is 2. The van der Waals surface area contributed by atoms with E-state index in [0.29, 0.717) is 11.3 Å². The van der Waals surface area contributed by atoms with Gasteiger partial charge in [0.15, 0.2) is 0 Å². The van der Waals surface area contributed by atoms with Gasteiger partial charge in [-0.05, 0) is 32.4 Å². The van der Waals surface area contributed by atoms with Crippen molar-refractivity contribution in [1.82, 2.24) is 14.1 Å². The monoisotopic (exact) mass is 384 g/mol. The normalized spacial score (nSPS) is 11.2.